The standard InChI is InChI=1S/C44H29N/c1-44-39-18-8-9-19-41(39)45(42-20-10-17-36(43(42)44)38-25-30-13-4-5-14-31(30)26-40(38)44)34-24-32-15-6-7-16-35(32)37(27-34)33-22-21-28-11-2-3-12-29(28)23-33/h2-27H,1H3. The van der Waals surface area contributed by atoms with Crippen LogP contribution in [0.5, 0.6) is 0 Å². The van der Waals surface area contributed by atoms with Gasteiger partial charge in [0.25, 0.3) is 0 Å². The predicted octanol–water partition coefficient (Wildman–Crippen LogP) is 11.9. The summed E-state index contributed by atoms with van der Waals surface area (Å²) in [5.74, 6) is 0. The minimum atomic E-state index is -0.254. The molecule has 2 aliphatic rings. The summed E-state index contributed by atoms with van der Waals surface area (Å²) in [6, 6.07) is 58.6. The molecule has 45 heavy (non-hydrogen) atoms. The van der Waals surface area contributed by atoms with Crippen molar-refractivity contribution in [2.24, 2.45) is 0 Å². The lowest BCUT2D eigenvalue weighted by molar-refractivity contribution is 0.703. The van der Waals surface area contributed by atoms with Crippen molar-refractivity contribution in [3.8, 4) is 22.3 Å². The zero-order chi connectivity index (χ0) is 29.7. The van der Waals surface area contributed by atoms with Crippen LogP contribution in [0.2, 0.25) is 0 Å². The van der Waals surface area contributed by atoms with E-state index in [0.717, 1.165) is 0 Å². The van der Waals surface area contributed by atoms with Crippen molar-refractivity contribution in [3.05, 3.63) is 174 Å². The Labute approximate surface area is 262 Å². The SMILES string of the molecule is CC12c3cc4ccccc4cc3-c3cccc(c31)N(c1cc(-c3ccc4ccccc4c3)c3ccccc3c1)c1ccccc12. The van der Waals surface area contributed by atoms with Crippen molar-refractivity contribution in [3.63, 3.8) is 0 Å². The molecule has 0 saturated heterocycles. The number of hydrogen-bond donors (Lipinski definition) is 0. The van der Waals surface area contributed by atoms with Crippen molar-refractivity contribution in [1.82, 2.24) is 0 Å². The number of rotatable bonds is 2. The van der Waals surface area contributed by atoms with E-state index in [2.05, 4.69) is 170 Å². The molecule has 8 aromatic rings. The van der Waals surface area contributed by atoms with Gasteiger partial charge in [-0.05, 0) is 121 Å². The molecule has 8 aromatic carbocycles. The van der Waals surface area contributed by atoms with Gasteiger partial charge in [-0.25, -0.2) is 0 Å². The molecule has 0 bridgehead atoms. The van der Waals surface area contributed by atoms with Gasteiger partial charge in [0.05, 0.1) is 11.4 Å². The Morgan fingerprint density at radius 1 is 0.422 bits per heavy atom. The predicted molar refractivity (Wildman–Crippen MR) is 190 cm³/mol. The van der Waals surface area contributed by atoms with Crippen molar-refractivity contribution in [1.29, 1.82) is 0 Å². The van der Waals surface area contributed by atoms with Crippen LogP contribution < -0.4 is 4.90 Å². The lowest BCUT2D eigenvalue weighted by atomic mass is 9.70. The Morgan fingerprint density at radius 3 is 1.93 bits per heavy atom. The first-order chi connectivity index (χ1) is 22.2. The van der Waals surface area contributed by atoms with Gasteiger partial charge >= 0.3 is 0 Å². The fourth-order valence-corrected chi connectivity index (χ4v) is 8.29. The molecule has 0 saturated carbocycles. The Kier molecular flexibility index (Phi) is 4.91. The second kappa shape index (κ2) is 8.94. The Balaban J connectivity index is 1.26. The molecule has 1 aliphatic carbocycles. The molecular formula is C44H29N. The molecule has 210 valence electrons. The largest absolute Gasteiger partial charge is 0.310 e. The third-order valence-corrected chi connectivity index (χ3v) is 10.3. The van der Waals surface area contributed by atoms with E-state index in [1.807, 2.05) is 0 Å². The number of hydrogen-bond acceptors (Lipinski definition) is 1. The van der Waals surface area contributed by atoms with E-state index in [-0.39, 0.29) is 5.41 Å². The summed E-state index contributed by atoms with van der Waals surface area (Å²) >= 11 is 0. The third-order valence-electron chi connectivity index (χ3n) is 10.3. The van der Waals surface area contributed by atoms with E-state index in [0.29, 0.717) is 0 Å². The van der Waals surface area contributed by atoms with Gasteiger partial charge in [-0.1, -0.05) is 115 Å². The van der Waals surface area contributed by atoms with E-state index < -0.39 is 0 Å². The Hall–Kier alpha value is -5.66. The van der Waals surface area contributed by atoms with E-state index in [1.165, 1.54) is 88.3 Å². The van der Waals surface area contributed by atoms with Crippen LogP contribution in [-0.4, -0.2) is 0 Å². The highest BCUT2D eigenvalue weighted by atomic mass is 15.2. The van der Waals surface area contributed by atoms with Gasteiger partial charge < -0.3 is 4.90 Å². The summed E-state index contributed by atoms with van der Waals surface area (Å²) in [6.07, 6.45) is 0. The Morgan fingerprint density at radius 2 is 1.09 bits per heavy atom. The van der Waals surface area contributed by atoms with Crippen molar-refractivity contribution in [2.45, 2.75) is 12.3 Å². The maximum absolute atomic E-state index is 2.51. The highest BCUT2D eigenvalue weighted by Gasteiger charge is 2.48. The zero-order valence-corrected chi connectivity index (χ0v) is 25.0. The minimum Gasteiger partial charge on any atom is -0.310 e. The number of nitrogens with zero attached hydrogens (tertiary/aromatic N) is 1. The molecule has 0 radical (unpaired) electrons. The molecule has 1 atom stereocenters. The maximum atomic E-state index is 2.51. The second-order valence-electron chi connectivity index (χ2n) is 12.7. The van der Waals surface area contributed by atoms with Crippen molar-refractivity contribution < 1.29 is 0 Å². The first kappa shape index (κ1) is 24.7. The van der Waals surface area contributed by atoms with Gasteiger partial charge in [0, 0.05) is 11.1 Å². The number of anilines is 3. The van der Waals surface area contributed by atoms with Gasteiger partial charge in [-0.3, -0.25) is 0 Å². The fraction of sp³-hybridized carbons (Fsp3) is 0.0455. The van der Waals surface area contributed by atoms with E-state index in [4.69, 9.17) is 0 Å². The molecule has 1 unspecified atom stereocenters. The first-order valence-electron chi connectivity index (χ1n) is 15.8. The van der Waals surface area contributed by atoms with Crippen LogP contribution in [0.1, 0.15) is 23.6 Å². The number of para-hydroxylation sites is 1. The Bertz CT molecular complexity index is 2520. The molecule has 0 aromatic heterocycles. The summed E-state index contributed by atoms with van der Waals surface area (Å²) in [5, 5.41) is 7.61. The van der Waals surface area contributed by atoms with E-state index >= 15 is 0 Å². The summed E-state index contributed by atoms with van der Waals surface area (Å²) in [6.45, 7) is 2.44. The summed E-state index contributed by atoms with van der Waals surface area (Å²) in [5.41, 5.74) is 12.7. The molecule has 0 spiro atoms. The summed E-state index contributed by atoms with van der Waals surface area (Å²) < 4.78 is 0. The van der Waals surface area contributed by atoms with Crippen LogP contribution in [-0.2, 0) is 5.41 Å². The van der Waals surface area contributed by atoms with Gasteiger partial charge in [0.2, 0.25) is 0 Å². The molecule has 0 fully saturated rings. The van der Waals surface area contributed by atoms with Gasteiger partial charge in [-0.15, -0.1) is 0 Å². The molecule has 1 nitrogen and oxygen atoms in total. The molecule has 10 rings (SSSR count). The smallest absolute Gasteiger partial charge is 0.0512 e. The molecule has 1 aliphatic heterocycles. The van der Waals surface area contributed by atoms with Crippen LogP contribution in [0.4, 0.5) is 17.1 Å². The van der Waals surface area contributed by atoms with Crippen LogP contribution in [0.25, 0.3) is 54.6 Å². The first-order valence-corrected chi connectivity index (χ1v) is 15.8. The minimum absolute atomic E-state index is 0.254. The van der Waals surface area contributed by atoms with Crippen molar-refractivity contribution >= 4 is 49.4 Å². The zero-order valence-electron chi connectivity index (χ0n) is 25.0. The van der Waals surface area contributed by atoms with Gasteiger partial charge in [-0.2, -0.15) is 0 Å². The number of benzene rings is 8. The molecule has 0 amide bonds. The lowest BCUT2D eigenvalue weighted by Gasteiger charge is -2.42. The molecule has 0 N–H and O–H groups in total. The second-order valence-corrected chi connectivity index (χ2v) is 12.7. The number of fused-ring (bicyclic) bond motifs is 8. The van der Waals surface area contributed by atoms with Crippen LogP contribution in [0.3, 0.4) is 0 Å². The average Bonchev–Trinajstić information content (AvgIpc) is 3.35. The van der Waals surface area contributed by atoms with Crippen LogP contribution >= 0.6 is 0 Å². The molecular weight excluding hydrogens is 542 g/mol. The quantitative estimate of drug-likeness (QED) is 0.199. The topological polar surface area (TPSA) is 3.24 Å². The lowest BCUT2D eigenvalue weighted by Crippen LogP contribution is -2.32. The van der Waals surface area contributed by atoms with Crippen molar-refractivity contribution in [2.75, 3.05) is 4.90 Å². The maximum Gasteiger partial charge on any atom is 0.0512 e. The monoisotopic (exact) mass is 571 g/mol. The van der Waals surface area contributed by atoms with Crippen LogP contribution in [0, 0.1) is 0 Å². The molecule has 1 heterocycles. The fourth-order valence-electron chi connectivity index (χ4n) is 8.29. The molecule has 1 heteroatoms. The normalized spacial score (nSPS) is 16.2. The highest BCUT2D eigenvalue weighted by Crippen LogP contribution is 2.62. The van der Waals surface area contributed by atoms with Gasteiger partial charge in [0.1, 0.15) is 0 Å². The third kappa shape index (κ3) is 3.33. The van der Waals surface area contributed by atoms with E-state index in [1.54, 1.807) is 0 Å². The average molecular weight is 572 g/mol. The highest BCUT2D eigenvalue weighted by molar-refractivity contribution is 6.05. The van der Waals surface area contributed by atoms with Crippen LogP contribution in [0.15, 0.2) is 158 Å². The summed E-state index contributed by atoms with van der Waals surface area (Å²) in [4.78, 5) is 2.51. The summed E-state index contributed by atoms with van der Waals surface area (Å²) in [7, 11) is 0. The van der Waals surface area contributed by atoms with Gasteiger partial charge in [0.15, 0.2) is 0 Å². The van der Waals surface area contributed by atoms with E-state index in [9.17, 15) is 0 Å².